The summed E-state index contributed by atoms with van der Waals surface area (Å²) < 4.78 is 18.0. The second-order valence-electron chi connectivity index (χ2n) is 5.63. The predicted molar refractivity (Wildman–Crippen MR) is 83.2 cm³/mol. The largest absolute Gasteiger partial charge is 0.481 e. The maximum atomic E-state index is 12.8. The van der Waals surface area contributed by atoms with Crippen molar-refractivity contribution in [2.75, 3.05) is 19.8 Å². The van der Waals surface area contributed by atoms with E-state index in [0.29, 0.717) is 26.1 Å². The molecule has 1 saturated heterocycles. The Bertz CT molecular complexity index is 577. The highest BCUT2D eigenvalue weighted by atomic mass is 19.1. The van der Waals surface area contributed by atoms with Gasteiger partial charge < -0.3 is 15.2 Å². The van der Waals surface area contributed by atoms with Crippen LogP contribution < -0.4 is 5.32 Å². The smallest absolute Gasteiger partial charge is 0.311 e. The van der Waals surface area contributed by atoms with Crippen LogP contribution in [-0.2, 0) is 14.3 Å². The lowest BCUT2D eigenvalue weighted by Crippen LogP contribution is -2.46. The van der Waals surface area contributed by atoms with Crippen LogP contribution in [0, 0.1) is 11.2 Å². The summed E-state index contributed by atoms with van der Waals surface area (Å²) in [4.78, 5) is 23.3. The number of carbonyl (C=O) groups is 2. The van der Waals surface area contributed by atoms with E-state index in [2.05, 4.69) is 5.32 Å². The van der Waals surface area contributed by atoms with Crippen LogP contribution in [0.5, 0.6) is 0 Å². The number of ether oxygens (including phenoxy) is 1. The number of hydrogen-bond acceptors (Lipinski definition) is 3. The highest BCUT2D eigenvalue weighted by molar-refractivity contribution is 5.80. The summed E-state index contributed by atoms with van der Waals surface area (Å²) in [5.41, 5.74) is -0.139. The van der Waals surface area contributed by atoms with Gasteiger partial charge in [0.25, 0.3) is 0 Å². The van der Waals surface area contributed by atoms with Crippen molar-refractivity contribution in [1.29, 1.82) is 0 Å². The number of nitrogens with one attached hydrogen (secondary N) is 1. The highest BCUT2D eigenvalue weighted by Crippen LogP contribution is 2.30. The van der Waals surface area contributed by atoms with Gasteiger partial charge in [-0.05, 0) is 30.5 Å². The first-order valence-corrected chi connectivity index (χ1v) is 7.52. The number of benzene rings is 1. The van der Waals surface area contributed by atoms with Gasteiger partial charge in [0.15, 0.2) is 0 Å². The van der Waals surface area contributed by atoms with Gasteiger partial charge in [-0.1, -0.05) is 24.3 Å². The molecule has 5 nitrogen and oxygen atoms in total. The van der Waals surface area contributed by atoms with E-state index in [9.17, 15) is 19.1 Å². The molecule has 1 amide bonds. The Morgan fingerprint density at radius 3 is 2.52 bits per heavy atom. The molecule has 124 valence electrons. The molecule has 0 saturated carbocycles. The molecule has 0 aliphatic carbocycles. The Hall–Kier alpha value is -2.21. The molecule has 1 aliphatic heterocycles. The average Bonchev–Trinajstić information content (AvgIpc) is 2.55. The van der Waals surface area contributed by atoms with Gasteiger partial charge in [0.1, 0.15) is 5.82 Å². The van der Waals surface area contributed by atoms with Crippen molar-refractivity contribution in [3.05, 3.63) is 41.7 Å². The normalized spacial score (nSPS) is 17.1. The number of carbonyl (C=O) groups excluding carboxylic acids is 1. The van der Waals surface area contributed by atoms with Crippen molar-refractivity contribution >= 4 is 18.0 Å². The molecule has 0 bridgehead atoms. The van der Waals surface area contributed by atoms with Gasteiger partial charge in [0, 0.05) is 26.2 Å². The number of hydrogen-bond donors (Lipinski definition) is 2. The molecule has 2 N–H and O–H groups in total. The van der Waals surface area contributed by atoms with E-state index in [1.165, 1.54) is 12.1 Å². The third kappa shape index (κ3) is 4.89. The molecule has 0 aromatic heterocycles. The molecule has 1 fully saturated rings. The number of amides is 1. The lowest BCUT2D eigenvalue weighted by Gasteiger charge is -2.33. The third-order valence-electron chi connectivity index (χ3n) is 4.01. The SMILES string of the molecule is O=C(C/C=C/c1ccc(F)cc1)NCC1(C(=O)O)CCOCC1. The van der Waals surface area contributed by atoms with Crippen molar-refractivity contribution in [3.8, 4) is 0 Å². The van der Waals surface area contributed by atoms with Crippen molar-refractivity contribution in [2.45, 2.75) is 19.3 Å². The molecule has 6 heteroatoms. The molecule has 0 atom stereocenters. The minimum atomic E-state index is -0.936. The van der Waals surface area contributed by atoms with Crippen LogP contribution in [0.3, 0.4) is 0 Å². The zero-order valence-electron chi connectivity index (χ0n) is 12.8. The maximum absolute atomic E-state index is 12.8. The van der Waals surface area contributed by atoms with Gasteiger partial charge in [-0.3, -0.25) is 9.59 Å². The fourth-order valence-corrected chi connectivity index (χ4v) is 2.44. The van der Waals surface area contributed by atoms with E-state index < -0.39 is 11.4 Å². The minimum Gasteiger partial charge on any atom is -0.481 e. The standard InChI is InChI=1S/C17H20FNO4/c18-14-6-4-13(5-7-14)2-1-3-15(20)19-12-17(16(21)22)8-10-23-11-9-17/h1-2,4-7H,3,8-12H2,(H,19,20)(H,21,22)/b2-1+. The monoisotopic (exact) mass is 321 g/mol. The molecular formula is C17H20FNO4. The molecule has 1 aromatic carbocycles. The fourth-order valence-electron chi connectivity index (χ4n) is 2.44. The van der Waals surface area contributed by atoms with Crippen LogP contribution in [0.4, 0.5) is 4.39 Å². The summed E-state index contributed by atoms with van der Waals surface area (Å²) in [7, 11) is 0. The van der Waals surface area contributed by atoms with E-state index >= 15 is 0 Å². The Morgan fingerprint density at radius 2 is 1.91 bits per heavy atom. The zero-order chi connectivity index (χ0) is 16.7. The Labute approximate surface area is 134 Å². The molecule has 1 aliphatic rings. The molecule has 0 radical (unpaired) electrons. The summed E-state index contributed by atoms with van der Waals surface area (Å²) in [6.45, 7) is 0.897. The lowest BCUT2D eigenvalue weighted by molar-refractivity contribution is -0.154. The maximum Gasteiger partial charge on any atom is 0.311 e. The second-order valence-corrected chi connectivity index (χ2v) is 5.63. The van der Waals surface area contributed by atoms with Crippen LogP contribution in [0.1, 0.15) is 24.8 Å². The molecule has 2 rings (SSSR count). The minimum absolute atomic E-state index is 0.106. The van der Waals surface area contributed by atoms with E-state index in [0.717, 1.165) is 5.56 Å². The summed E-state index contributed by atoms with van der Waals surface area (Å²) >= 11 is 0. The van der Waals surface area contributed by atoms with Crippen LogP contribution in [0.25, 0.3) is 6.08 Å². The number of carboxylic acid groups (broad SMARTS) is 1. The van der Waals surface area contributed by atoms with Crippen molar-refractivity contribution < 1.29 is 23.8 Å². The lowest BCUT2D eigenvalue weighted by atomic mass is 9.80. The van der Waals surface area contributed by atoms with E-state index in [4.69, 9.17) is 4.74 Å². The zero-order valence-corrected chi connectivity index (χ0v) is 12.8. The first kappa shape index (κ1) is 17.1. The molecule has 1 heterocycles. The number of halogens is 1. The second kappa shape index (κ2) is 7.87. The molecule has 0 spiro atoms. The van der Waals surface area contributed by atoms with Crippen LogP contribution in [-0.4, -0.2) is 36.7 Å². The van der Waals surface area contributed by atoms with Gasteiger partial charge in [0.2, 0.25) is 5.91 Å². The first-order valence-electron chi connectivity index (χ1n) is 7.52. The quantitative estimate of drug-likeness (QED) is 0.842. The van der Waals surface area contributed by atoms with E-state index in [1.54, 1.807) is 24.3 Å². The fraction of sp³-hybridized carbons (Fsp3) is 0.412. The summed E-state index contributed by atoms with van der Waals surface area (Å²) in [6, 6.07) is 5.93. The van der Waals surface area contributed by atoms with E-state index in [-0.39, 0.29) is 24.7 Å². The summed E-state index contributed by atoms with van der Waals surface area (Å²) in [5, 5.41) is 12.1. The molecule has 1 aromatic rings. The molecule has 23 heavy (non-hydrogen) atoms. The highest BCUT2D eigenvalue weighted by Gasteiger charge is 2.40. The van der Waals surface area contributed by atoms with E-state index in [1.807, 2.05) is 0 Å². The van der Waals surface area contributed by atoms with Gasteiger partial charge in [-0.25, -0.2) is 4.39 Å². The van der Waals surface area contributed by atoms with Crippen LogP contribution in [0.2, 0.25) is 0 Å². The van der Waals surface area contributed by atoms with Gasteiger partial charge in [-0.15, -0.1) is 0 Å². The van der Waals surface area contributed by atoms with Gasteiger partial charge in [0.05, 0.1) is 5.41 Å². The number of aliphatic carboxylic acids is 1. The Kier molecular flexibility index (Phi) is 5.87. The van der Waals surface area contributed by atoms with Crippen LogP contribution >= 0.6 is 0 Å². The summed E-state index contributed by atoms with van der Waals surface area (Å²) in [5.74, 6) is -1.45. The average molecular weight is 321 g/mol. The molecule has 0 unspecified atom stereocenters. The van der Waals surface area contributed by atoms with Crippen molar-refractivity contribution in [1.82, 2.24) is 5.32 Å². The van der Waals surface area contributed by atoms with Gasteiger partial charge >= 0.3 is 5.97 Å². The Balaban J connectivity index is 1.82. The Morgan fingerprint density at radius 1 is 1.26 bits per heavy atom. The first-order chi connectivity index (χ1) is 11.0. The van der Waals surface area contributed by atoms with Crippen molar-refractivity contribution in [3.63, 3.8) is 0 Å². The van der Waals surface area contributed by atoms with Gasteiger partial charge in [-0.2, -0.15) is 0 Å². The number of carboxylic acids is 1. The topological polar surface area (TPSA) is 75.6 Å². The number of rotatable bonds is 6. The van der Waals surface area contributed by atoms with Crippen molar-refractivity contribution in [2.24, 2.45) is 5.41 Å². The summed E-state index contributed by atoms with van der Waals surface area (Å²) in [6.07, 6.45) is 4.33. The molecular weight excluding hydrogens is 301 g/mol. The third-order valence-corrected chi connectivity index (χ3v) is 4.01. The predicted octanol–water partition coefficient (Wildman–Crippen LogP) is 2.23. The van der Waals surface area contributed by atoms with Crippen LogP contribution in [0.15, 0.2) is 30.3 Å².